The first kappa shape index (κ1) is 10.3. The molecule has 1 aromatic rings. The van der Waals surface area contributed by atoms with Crippen molar-refractivity contribution in [3.63, 3.8) is 0 Å². The molecular weight excluding hydrogens is 262 g/mol. The molecule has 0 spiro atoms. The molecule has 1 aliphatic rings. The lowest BCUT2D eigenvalue weighted by molar-refractivity contribution is 0.171. The first-order chi connectivity index (χ1) is 7.16. The lowest BCUT2D eigenvalue weighted by atomic mass is 10.1. The second-order valence-electron chi connectivity index (χ2n) is 3.21. The highest BCUT2D eigenvalue weighted by Crippen LogP contribution is 2.35. The van der Waals surface area contributed by atoms with Crippen molar-refractivity contribution in [1.29, 1.82) is 0 Å². The van der Waals surface area contributed by atoms with E-state index in [0.717, 1.165) is 17.0 Å². The van der Waals surface area contributed by atoms with Gasteiger partial charge < -0.3 is 14.8 Å². The van der Waals surface area contributed by atoms with E-state index in [-0.39, 0.29) is 4.82 Å². The van der Waals surface area contributed by atoms with E-state index in [1.165, 1.54) is 0 Å². The van der Waals surface area contributed by atoms with E-state index in [9.17, 15) is 4.79 Å². The molecule has 1 aliphatic heterocycles. The normalized spacial score (nSPS) is 13.5. The number of ether oxygens (including phenoxy) is 2. The van der Waals surface area contributed by atoms with Crippen molar-refractivity contribution in [3.8, 4) is 11.5 Å². The lowest BCUT2D eigenvalue weighted by Gasteiger charge is -2.20. The maximum atomic E-state index is 10.9. The van der Waals surface area contributed by atoms with Crippen LogP contribution in [0.15, 0.2) is 12.1 Å². The zero-order chi connectivity index (χ0) is 10.8. The largest absolute Gasteiger partial charge is 0.486 e. The van der Waals surface area contributed by atoms with Gasteiger partial charge in [0.2, 0.25) is 0 Å². The molecular formula is C10H10BrNO3. The van der Waals surface area contributed by atoms with Crippen LogP contribution in [0.2, 0.25) is 0 Å². The minimum Gasteiger partial charge on any atom is -0.486 e. The highest BCUT2D eigenvalue weighted by atomic mass is 79.9. The van der Waals surface area contributed by atoms with Crippen LogP contribution >= 0.6 is 15.9 Å². The van der Waals surface area contributed by atoms with Gasteiger partial charge in [0.1, 0.15) is 13.2 Å². The van der Waals surface area contributed by atoms with Crippen LogP contribution in [0, 0.1) is 6.92 Å². The Hall–Kier alpha value is -1.23. The zero-order valence-electron chi connectivity index (χ0n) is 8.17. The molecule has 1 amide bonds. The fourth-order valence-electron chi connectivity index (χ4n) is 1.43. The van der Waals surface area contributed by atoms with Crippen LogP contribution in [0.5, 0.6) is 11.5 Å². The van der Waals surface area contributed by atoms with Crippen molar-refractivity contribution in [3.05, 3.63) is 17.7 Å². The quantitative estimate of drug-likeness (QED) is 0.631. The summed E-state index contributed by atoms with van der Waals surface area (Å²) >= 11 is 2.82. The Bertz CT molecular complexity index is 406. The minimum atomic E-state index is -0.276. The number of carbonyl (C=O) groups excluding carboxylic acids is 1. The molecule has 1 aromatic carbocycles. The first-order valence-corrected chi connectivity index (χ1v) is 5.33. The smallest absolute Gasteiger partial charge is 0.291 e. The van der Waals surface area contributed by atoms with Gasteiger partial charge >= 0.3 is 0 Å². The van der Waals surface area contributed by atoms with Crippen LogP contribution in [-0.2, 0) is 0 Å². The van der Waals surface area contributed by atoms with E-state index in [1.54, 1.807) is 6.07 Å². The number of halogens is 1. The number of anilines is 1. The zero-order valence-corrected chi connectivity index (χ0v) is 9.76. The minimum absolute atomic E-state index is 0.276. The summed E-state index contributed by atoms with van der Waals surface area (Å²) in [7, 11) is 0. The summed E-state index contributed by atoms with van der Waals surface area (Å²) in [6.45, 7) is 3.00. The van der Waals surface area contributed by atoms with Gasteiger partial charge in [-0.15, -0.1) is 0 Å². The topological polar surface area (TPSA) is 47.6 Å². The molecule has 0 unspecified atom stereocenters. The van der Waals surface area contributed by atoms with E-state index >= 15 is 0 Å². The average molecular weight is 272 g/mol. The van der Waals surface area contributed by atoms with E-state index in [0.29, 0.717) is 19.0 Å². The molecule has 0 radical (unpaired) electrons. The summed E-state index contributed by atoms with van der Waals surface area (Å²) in [5.74, 6) is 1.40. The molecule has 1 heterocycles. The number of amides is 1. The third kappa shape index (κ3) is 2.23. The molecule has 15 heavy (non-hydrogen) atoms. The molecule has 0 aliphatic carbocycles. The number of rotatable bonds is 1. The molecule has 0 aromatic heterocycles. The highest BCUT2D eigenvalue weighted by molar-refractivity contribution is 9.18. The fraction of sp³-hybridized carbons (Fsp3) is 0.300. The third-order valence-electron chi connectivity index (χ3n) is 2.12. The summed E-state index contributed by atoms with van der Waals surface area (Å²) in [6, 6.07) is 3.62. The van der Waals surface area contributed by atoms with Crippen molar-refractivity contribution < 1.29 is 14.3 Å². The fourth-order valence-corrected chi connectivity index (χ4v) is 1.64. The standard InChI is InChI=1S/C10H10BrNO3/c1-6-4-8-9(15-3-2-14-8)5-7(6)12-10(11)13/h4-5H,2-3H2,1H3,(H,12,13). The summed E-state index contributed by atoms with van der Waals surface area (Å²) in [6.07, 6.45) is 0. The maximum Gasteiger partial charge on any atom is 0.291 e. The van der Waals surface area contributed by atoms with Crippen LogP contribution in [-0.4, -0.2) is 18.0 Å². The van der Waals surface area contributed by atoms with Crippen LogP contribution in [0.4, 0.5) is 10.5 Å². The van der Waals surface area contributed by atoms with Gasteiger partial charge in [0.15, 0.2) is 11.5 Å². The van der Waals surface area contributed by atoms with Crippen molar-refractivity contribution in [2.75, 3.05) is 18.5 Å². The summed E-state index contributed by atoms with van der Waals surface area (Å²) < 4.78 is 10.8. The SMILES string of the molecule is Cc1cc2c(cc1NC(=O)Br)OCCO2. The molecule has 2 rings (SSSR count). The number of benzene rings is 1. The lowest BCUT2D eigenvalue weighted by Crippen LogP contribution is -2.16. The summed E-state index contributed by atoms with van der Waals surface area (Å²) in [4.78, 5) is 10.6. The predicted octanol–water partition coefficient (Wildman–Crippen LogP) is 2.69. The molecule has 5 heteroatoms. The Morgan fingerprint density at radius 2 is 1.93 bits per heavy atom. The summed E-state index contributed by atoms with van der Waals surface area (Å²) in [5.41, 5.74) is 1.66. The van der Waals surface area contributed by atoms with Crippen molar-refractivity contribution >= 4 is 26.4 Å². The Kier molecular flexibility index (Phi) is 2.81. The molecule has 0 fully saturated rings. The number of aryl methyl sites for hydroxylation is 1. The van der Waals surface area contributed by atoms with Gasteiger partial charge in [0.05, 0.1) is 0 Å². The monoisotopic (exact) mass is 271 g/mol. The van der Waals surface area contributed by atoms with Crippen molar-refractivity contribution in [1.82, 2.24) is 0 Å². The highest BCUT2D eigenvalue weighted by Gasteiger charge is 2.14. The van der Waals surface area contributed by atoms with Gasteiger partial charge in [-0.2, -0.15) is 0 Å². The van der Waals surface area contributed by atoms with Gasteiger partial charge in [-0.05, 0) is 18.6 Å². The van der Waals surface area contributed by atoms with E-state index < -0.39 is 0 Å². The number of fused-ring (bicyclic) bond motifs is 1. The molecule has 80 valence electrons. The van der Waals surface area contributed by atoms with Crippen molar-refractivity contribution in [2.45, 2.75) is 6.92 Å². The van der Waals surface area contributed by atoms with Gasteiger partial charge in [-0.3, -0.25) is 4.79 Å². The molecule has 0 saturated heterocycles. The molecule has 4 nitrogen and oxygen atoms in total. The van der Waals surface area contributed by atoms with Crippen molar-refractivity contribution in [2.24, 2.45) is 0 Å². The van der Waals surface area contributed by atoms with Crippen LogP contribution in [0.1, 0.15) is 5.56 Å². The number of hydrogen-bond donors (Lipinski definition) is 1. The van der Waals surface area contributed by atoms with Crippen LogP contribution in [0.3, 0.4) is 0 Å². The predicted molar refractivity (Wildman–Crippen MR) is 60.1 cm³/mol. The van der Waals surface area contributed by atoms with E-state index in [4.69, 9.17) is 9.47 Å². The van der Waals surface area contributed by atoms with Gasteiger partial charge in [-0.25, -0.2) is 0 Å². The van der Waals surface area contributed by atoms with Crippen LogP contribution < -0.4 is 14.8 Å². The Labute approximate surface area is 95.7 Å². The number of nitrogens with one attached hydrogen (secondary N) is 1. The first-order valence-electron chi connectivity index (χ1n) is 4.53. The average Bonchev–Trinajstić information content (AvgIpc) is 2.18. The van der Waals surface area contributed by atoms with Gasteiger partial charge in [-0.1, -0.05) is 0 Å². The third-order valence-corrected chi connectivity index (χ3v) is 2.32. The Balaban J connectivity index is 2.36. The Morgan fingerprint density at radius 3 is 2.53 bits per heavy atom. The second-order valence-corrected chi connectivity index (χ2v) is 3.93. The Morgan fingerprint density at radius 1 is 1.33 bits per heavy atom. The van der Waals surface area contributed by atoms with E-state index in [2.05, 4.69) is 21.2 Å². The van der Waals surface area contributed by atoms with E-state index in [1.807, 2.05) is 13.0 Å². The van der Waals surface area contributed by atoms with Gasteiger partial charge in [0.25, 0.3) is 4.82 Å². The second kappa shape index (κ2) is 4.10. The molecule has 0 bridgehead atoms. The number of hydrogen-bond acceptors (Lipinski definition) is 3. The maximum absolute atomic E-state index is 10.9. The van der Waals surface area contributed by atoms with Gasteiger partial charge in [0, 0.05) is 27.7 Å². The summed E-state index contributed by atoms with van der Waals surface area (Å²) in [5, 5.41) is 2.67. The molecule has 0 atom stereocenters. The molecule has 1 N–H and O–H groups in total. The van der Waals surface area contributed by atoms with Crippen LogP contribution in [0.25, 0.3) is 0 Å². The number of carbonyl (C=O) groups is 1. The molecule has 0 saturated carbocycles.